The summed E-state index contributed by atoms with van der Waals surface area (Å²) in [7, 11) is 0. The van der Waals surface area contributed by atoms with Gasteiger partial charge in [-0.25, -0.2) is 0 Å². The third kappa shape index (κ3) is 2.22. The first kappa shape index (κ1) is 17.1. The monoisotopic (exact) mass is 375 g/mol. The normalized spacial score (nSPS) is 25.1. The van der Waals surface area contributed by atoms with Crippen molar-refractivity contribution in [3.8, 4) is 0 Å². The van der Waals surface area contributed by atoms with E-state index in [0.29, 0.717) is 6.07 Å². The van der Waals surface area contributed by atoms with Crippen molar-refractivity contribution in [1.29, 1.82) is 0 Å². The van der Waals surface area contributed by atoms with E-state index < -0.39 is 47.5 Å². The highest BCUT2D eigenvalue weighted by Gasteiger charge is 2.64. The van der Waals surface area contributed by atoms with Gasteiger partial charge in [-0.05, 0) is 24.3 Å². The van der Waals surface area contributed by atoms with Crippen LogP contribution in [0.4, 0.5) is 32.0 Å². The van der Waals surface area contributed by atoms with Gasteiger partial charge in [0, 0.05) is 16.5 Å². The van der Waals surface area contributed by atoms with E-state index >= 15 is 0 Å². The van der Waals surface area contributed by atoms with E-state index in [2.05, 4.69) is 5.32 Å². The molecule has 2 aliphatic heterocycles. The summed E-state index contributed by atoms with van der Waals surface area (Å²) >= 11 is 0. The van der Waals surface area contributed by atoms with Gasteiger partial charge >= 0.3 is 12.4 Å². The maximum Gasteiger partial charge on any atom is 0.454 e. The van der Waals surface area contributed by atoms with Crippen molar-refractivity contribution in [2.75, 3.05) is 5.32 Å². The van der Waals surface area contributed by atoms with Crippen LogP contribution in [0.15, 0.2) is 30.3 Å². The molecule has 0 aliphatic carbocycles. The fourth-order valence-corrected chi connectivity index (χ4v) is 3.71. The topological polar surface area (TPSA) is 38.3 Å². The highest BCUT2D eigenvalue weighted by molar-refractivity contribution is 6.14. The molecule has 2 bridgehead atoms. The molecule has 0 aromatic heterocycles. The summed E-state index contributed by atoms with van der Waals surface area (Å²) in [5, 5.41) is 2.89. The summed E-state index contributed by atoms with van der Waals surface area (Å²) in [6.07, 6.45) is -11.3. The molecule has 1 fully saturated rings. The van der Waals surface area contributed by atoms with Crippen molar-refractivity contribution >= 4 is 22.2 Å². The first-order valence-corrected chi connectivity index (χ1v) is 7.73. The third-order valence-electron chi connectivity index (χ3n) is 4.85. The van der Waals surface area contributed by atoms with Crippen LogP contribution < -0.4 is 5.32 Å². The second kappa shape index (κ2) is 5.12. The molecule has 2 aliphatic rings. The van der Waals surface area contributed by atoms with Crippen LogP contribution in [0.2, 0.25) is 0 Å². The molecule has 26 heavy (non-hydrogen) atoms. The molecule has 0 spiro atoms. The molecule has 2 aromatic rings. The Kier molecular flexibility index (Phi) is 3.38. The van der Waals surface area contributed by atoms with E-state index in [9.17, 15) is 31.1 Å². The average Bonchev–Trinajstić information content (AvgIpc) is 2.92. The maximum atomic E-state index is 13.8. The molecule has 9 heteroatoms. The number of ether oxygens (including phenoxy) is 1. The van der Waals surface area contributed by atoms with Gasteiger partial charge in [0.25, 0.3) is 5.78 Å². The van der Waals surface area contributed by atoms with Crippen molar-refractivity contribution in [1.82, 2.24) is 0 Å². The first-order valence-electron chi connectivity index (χ1n) is 7.73. The summed E-state index contributed by atoms with van der Waals surface area (Å²) in [4.78, 5) is 11.9. The van der Waals surface area contributed by atoms with Crippen molar-refractivity contribution < 1.29 is 35.9 Å². The molecular weight excluding hydrogens is 364 g/mol. The van der Waals surface area contributed by atoms with Gasteiger partial charge < -0.3 is 10.1 Å². The zero-order chi connectivity index (χ0) is 18.9. The Labute approximate surface area is 142 Å². The van der Waals surface area contributed by atoms with E-state index in [1.54, 1.807) is 0 Å². The van der Waals surface area contributed by atoms with Crippen molar-refractivity contribution in [3.63, 3.8) is 0 Å². The van der Waals surface area contributed by atoms with E-state index in [1.165, 1.54) is 24.3 Å². The molecule has 0 radical (unpaired) electrons. The van der Waals surface area contributed by atoms with Gasteiger partial charge in [0.2, 0.25) is 0 Å². The minimum Gasteiger partial charge on any atom is -0.359 e. The number of anilines is 1. The van der Waals surface area contributed by atoms with Crippen LogP contribution in [-0.2, 0) is 10.3 Å². The Morgan fingerprint density at radius 2 is 1.77 bits per heavy atom. The zero-order valence-electron chi connectivity index (χ0n) is 13.0. The Morgan fingerprint density at radius 3 is 2.38 bits per heavy atom. The minimum absolute atomic E-state index is 0.0467. The first-order chi connectivity index (χ1) is 12.0. The fourth-order valence-electron chi connectivity index (χ4n) is 3.71. The maximum absolute atomic E-state index is 13.8. The predicted octanol–water partition coefficient (Wildman–Crippen LogP) is 4.90. The second-order valence-electron chi connectivity index (χ2n) is 6.33. The number of alkyl halides is 6. The quantitative estimate of drug-likeness (QED) is 0.569. The Morgan fingerprint density at radius 1 is 1.12 bits per heavy atom. The smallest absolute Gasteiger partial charge is 0.359 e. The highest BCUT2D eigenvalue weighted by Crippen LogP contribution is 2.57. The van der Waals surface area contributed by atoms with Gasteiger partial charge in [-0.15, -0.1) is 0 Å². The lowest BCUT2D eigenvalue weighted by molar-refractivity contribution is -0.278. The largest absolute Gasteiger partial charge is 0.454 e. The standard InChI is InChI=1S/C17H11F6NO2/c18-16(19,20)14(25)10-7-11-13(9-4-2-1-3-8(9)10)24-12-5-6-15(11,26-12)17(21,22)23/h1-4,7,12,24H,5-6H2. The lowest BCUT2D eigenvalue weighted by atomic mass is 9.84. The van der Waals surface area contributed by atoms with Gasteiger partial charge in [-0.3, -0.25) is 4.79 Å². The van der Waals surface area contributed by atoms with Crippen LogP contribution in [0.5, 0.6) is 0 Å². The molecular formula is C17H11F6NO2. The molecule has 4 rings (SSSR count). The molecule has 138 valence electrons. The fraction of sp³-hybridized carbons (Fsp3) is 0.353. The van der Waals surface area contributed by atoms with E-state index in [4.69, 9.17) is 4.74 Å². The molecule has 2 heterocycles. The van der Waals surface area contributed by atoms with Gasteiger partial charge in [0.05, 0.1) is 5.69 Å². The van der Waals surface area contributed by atoms with Crippen LogP contribution in [0, 0.1) is 0 Å². The molecule has 2 unspecified atom stereocenters. The molecule has 2 aromatic carbocycles. The third-order valence-corrected chi connectivity index (χ3v) is 4.85. The number of carbonyl (C=O) groups is 1. The number of carbonyl (C=O) groups excluding carboxylic acids is 1. The molecule has 1 saturated heterocycles. The number of benzene rings is 2. The van der Waals surface area contributed by atoms with E-state index in [-0.39, 0.29) is 22.9 Å². The number of halogens is 6. The van der Waals surface area contributed by atoms with Gasteiger partial charge in [0.1, 0.15) is 6.23 Å². The summed E-state index contributed by atoms with van der Waals surface area (Å²) in [5.41, 5.74) is -3.95. The number of nitrogens with one attached hydrogen (secondary N) is 1. The number of hydrogen-bond donors (Lipinski definition) is 1. The number of fused-ring (bicyclic) bond motifs is 6. The van der Waals surface area contributed by atoms with Gasteiger partial charge in [0.15, 0.2) is 5.60 Å². The summed E-state index contributed by atoms with van der Waals surface area (Å²) in [6.45, 7) is 0. The molecule has 0 amide bonds. The van der Waals surface area contributed by atoms with Crippen LogP contribution >= 0.6 is 0 Å². The van der Waals surface area contributed by atoms with Crippen molar-refractivity contribution in [2.45, 2.75) is 37.0 Å². The number of hydrogen-bond acceptors (Lipinski definition) is 3. The van der Waals surface area contributed by atoms with Crippen LogP contribution in [0.25, 0.3) is 10.8 Å². The van der Waals surface area contributed by atoms with Crippen LogP contribution in [0.3, 0.4) is 0 Å². The molecule has 3 nitrogen and oxygen atoms in total. The SMILES string of the molecule is O=C(c1cc2c(c3ccccc13)NC1CCC2(C(F)(F)F)O1)C(F)(F)F. The Balaban J connectivity index is 2.08. The number of rotatable bonds is 1. The molecule has 2 atom stereocenters. The minimum atomic E-state index is -5.20. The van der Waals surface area contributed by atoms with Crippen molar-refractivity contribution in [3.05, 3.63) is 41.5 Å². The zero-order valence-corrected chi connectivity index (χ0v) is 13.0. The number of Topliss-reactive ketones (excluding diaryl/α,β-unsaturated/α-hetero) is 1. The average molecular weight is 375 g/mol. The summed E-state index contributed by atoms with van der Waals surface area (Å²) in [5.74, 6) is -2.19. The highest BCUT2D eigenvalue weighted by atomic mass is 19.4. The van der Waals surface area contributed by atoms with Crippen LogP contribution in [0.1, 0.15) is 28.8 Å². The molecule has 1 N–H and O–H groups in total. The predicted molar refractivity (Wildman–Crippen MR) is 79.8 cm³/mol. The molecule has 0 saturated carbocycles. The Bertz CT molecular complexity index is 920. The number of ketones is 1. The van der Waals surface area contributed by atoms with Gasteiger partial charge in [-0.2, -0.15) is 26.3 Å². The van der Waals surface area contributed by atoms with E-state index in [1.807, 2.05) is 0 Å². The van der Waals surface area contributed by atoms with Gasteiger partial charge in [-0.1, -0.05) is 24.3 Å². The van der Waals surface area contributed by atoms with Crippen molar-refractivity contribution in [2.24, 2.45) is 0 Å². The summed E-state index contributed by atoms with van der Waals surface area (Å²) < 4.78 is 85.5. The summed E-state index contributed by atoms with van der Waals surface area (Å²) in [6, 6.07) is 6.27. The van der Waals surface area contributed by atoms with Crippen LogP contribution in [-0.4, -0.2) is 24.4 Å². The second-order valence-corrected chi connectivity index (χ2v) is 6.33. The Hall–Kier alpha value is -2.29. The van der Waals surface area contributed by atoms with E-state index in [0.717, 1.165) is 0 Å². The lowest BCUT2D eigenvalue weighted by Crippen LogP contribution is -2.46. The lowest BCUT2D eigenvalue weighted by Gasteiger charge is -2.38.